The largest absolute Gasteiger partial charge is 2.00 e. The molecule has 0 amide bonds. The van der Waals surface area contributed by atoms with Crippen molar-refractivity contribution >= 4 is 86.7 Å². The first-order chi connectivity index (χ1) is 45.6. The summed E-state index contributed by atoms with van der Waals surface area (Å²) in [6.45, 7) is 0. The predicted molar refractivity (Wildman–Crippen MR) is 374 cm³/mol. The summed E-state index contributed by atoms with van der Waals surface area (Å²) < 4.78 is 6.73. The zero-order valence-electron chi connectivity index (χ0n) is 49.5. The minimum Gasteiger partial charge on any atom is -0.346 e. The van der Waals surface area contributed by atoms with E-state index in [1.54, 1.807) is 22.7 Å². The van der Waals surface area contributed by atoms with Crippen molar-refractivity contribution in [1.29, 1.82) is 0 Å². The number of para-hydroxylation sites is 1. The third-order valence-electron chi connectivity index (χ3n) is 16.3. The molecule has 0 aliphatic rings. The van der Waals surface area contributed by atoms with Gasteiger partial charge in [0.15, 0.2) is 0 Å². The zero-order valence-corrected chi connectivity index (χ0v) is 55.7. The molecule has 0 saturated carbocycles. The summed E-state index contributed by atoms with van der Waals surface area (Å²) in [6.07, 6.45) is 10.9. The van der Waals surface area contributed by atoms with Crippen LogP contribution in [-0.4, -0.2) is 49.0 Å². The van der Waals surface area contributed by atoms with Gasteiger partial charge in [-0.1, -0.05) is 107 Å². The van der Waals surface area contributed by atoms with Crippen molar-refractivity contribution in [2.45, 2.75) is 0 Å². The van der Waals surface area contributed by atoms with Gasteiger partial charge >= 0.3 is 42.1 Å². The standard InChI is InChI=1S/2C40H23N5S.2Pt/c1-4-19-41-33(10-1)26-8-7-9-30(22-26)45-37-17-14-27(34-11-2-5-20-42-34)23-32(37)31-16-13-29(25-38(31)45)40-44-36-24-28(15-18-39(36)46-40)35-12-3-6-21-43-35;1-2-13-37-31(9-1)32-16-14-27(40-44-36-17-15-26(25-39(36)46-40)33-10-3-6-18-41-33)24-38(32)45(37)30-22-28(34-11-4-7-19-42-34)21-29(23-30)35-12-5-8-20-43-35;;/h1-21,23-24H;1-22,25H;;/q2*-2;2*+2. The summed E-state index contributed by atoms with van der Waals surface area (Å²) in [5.41, 5.74) is 21.2. The van der Waals surface area contributed by atoms with Gasteiger partial charge in [-0.2, -0.15) is 22.7 Å². The molecule has 0 aliphatic heterocycles. The predicted octanol–water partition coefficient (Wildman–Crippen LogP) is 19.7. The molecule has 10 heterocycles. The summed E-state index contributed by atoms with van der Waals surface area (Å²) in [5, 5.41) is 6.35. The van der Waals surface area contributed by atoms with Crippen LogP contribution in [0.4, 0.5) is 0 Å². The Kier molecular flexibility index (Phi) is 16.4. The van der Waals surface area contributed by atoms with Gasteiger partial charge in [0.25, 0.3) is 0 Å². The number of hydrogen-bond donors (Lipinski definition) is 0. The van der Waals surface area contributed by atoms with Gasteiger partial charge in [-0.15, -0.1) is 101 Å². The molecule has 8 aromatic carbocycles. The number of nitrogens with zero attached hydrogens (tertiary/aromatic N) is 10. The molecule has 0 spiro atoms. The molecule has 448 valence electrons. The number of hydrogen-bond acceptors (Lipinski definition) is 10. The number of rotatable bonds is 10. The van der Waals surface area contributed by atoms with E-state index in [1.165, 1.54) is 0 Å². The summed E-state index contributed by atoms with van der Waals surface area (Å²) in [5.74, 6) is 0. The van der Waals surface area contributed by atoms with Crippen molar-refractivity contribution in [3.63, 3.8) is 0 Å². The van der Waals surface area contributed by atoms with Gasteiger partial charge in [-0.25, -0.2) is 0 Å². The van der Waals surface area contributed by atoms with E-state index < -0.39 is 0 Å². The molecule has 0 radical (unpaired) electrons. The van der Waals surface area contributed by atoms with E-state index in [4.69, 9.17) is 9.97 Å². The van der Waals surface area contributed by atoms with Crippen molar-refractivity contribution < 1.29 is 42.1 Å². The maximum atomic E-state index is 5.07. The van der Waals surface area contributed by atoms with Gasteiger partial charge in [0.2, 0.25) is 0 Å². The Morgan fingerprint density at radius 1 is 0.277 bits per heavy atom. The molecule has 94 heavy (non-hydrogen) atoms. The van der Waals surface area contributed by atoms with Crippen molar-refractivity contribution in [1.82, 2.24) is 49.0 Å². The molecule has 10 nitrogen and oxygen atoms in total. The molecule has 18 rings (SSSR count). The number of fused-ring (bicyclic) bond motifs is 8. The van der Waals surface area contributed by atoms with Crippen LogP contribution in [0.3, 0.4) is 0 Å². The molecule has 18 aromatic rings. The third-order valence-corrected chi connectivity index (χ3v) is 18.5. The zero-order chi connectivity index (χ0) is 60.9. The maximum Gasteiger partial charge on any atom is 2.00 e. The second-order valence-electron chi connectivity index (χ2n) is 22.0. The van der Waals surface area contributed by atoms with Crippen LogP contribution >= 0.6 is 22.7 Å². The quantitative estimate of drug-likeness (QED) is 0.124. The molecule has 0 saturated heterocycles. The smallest absolute Gasteiger partial charge is 0.346 e. The summed E-state index contributed by atoms with van der Waals surface area (Å²) in [6, 6.07) is 97.5. The van der Waals surface area contributed by atoms with Gasteiger partial charge < -0.3 is 19.1 Å². The monoisotopic (exact) mass is 1600 g/mol. The Bertz CT molecular complexity index is 5710. The van der Waals surface area contributed by atoms with Gasteiger partial charge in [0, 0.05) is 84.3 Å². The van der Waals surface area contributed by atoms with Crippen molar-refractivity contribution in [3.05, 3.63) is 304 Å². The number of pyridine rings is 6. The van der Waals surface area contributed by atoms with Gasteiger partial charge in [0.1, 0.15) is 0 Å². The van der Waals surface area contributed by atoms with Gasteiger partial charge in [-0.05, 0) is 142 Å². The molecule has 0 bridgehead atoms. The maximum absolute atomic E-state index is 5.07. The van der Waals surface area contributed by atoms with Crippen LogP contribution in [-0.2, 0) is 42.1 Å². The fraction of sp³-hybridized carbons (Fsp3) is 0. The molecule has 10 aromatic heterocycles. The summed E-state index contributed by atoms with van der Waals surface area (Å²) in [4.78, 5) is 37.6. The van der Waals surface area contributed by atoms with Crippen LogP contribution in [0.5, 0.6) is 0 Å². The topological polar surface area (TPSA) is 113 Å². The normalized spacial score (nSPS) is 11.2. The molecular weight excluding hydrogens is 1560 g/mol. The Balaban J connectivity index is 0.000000152. The second kappa shape index (κ2) is 25.8. The van der Waals surface area contributed by atoms with Gasteiger partial charge in [-0.3, -0.25) is 29.9 Å². The van der Waals surface area contributed by atoms with E-state index in [9.17, 15) is 0 Å². The summed E-state index contributed by atoms with van der Waals surface area (Å²) in [7, 11) is 0. The molecule has 0 aliphatic carbocycles. The average Bonchev–Trinajstić information content (AvgIpc) is 1.62. The molecule has 0 atom stereocenters. The fourth-order valence-electron chi connectivity index (χ4n) is 12.0. The van der Waals surface area contributed by atoms with Crippen LogP contribution in [0.1, 0.15) is 0 Å². The van der Waals surface area contributed by atoms with E-state index >= 15 is 0 Å². The van der Waals surface area contributed by atoms with Crippen LogP contribution in [0.25, 0.3) is 164 Å². The number of benzene rings is 8. The first kappa shape index (κ1) is 59.7. The molecular formula is C80H46N10Pt2S2. The second-order valence-corrected chi connectivity index (χ2v) is 24.1. The minimum atomic E-state index is 0. The van der Waals surface area contributed by atoms with E-state index in [0.29, 0.717) is 0 Å². The molecule has 14 heteroatoms. The van der Waals surface area contributed by atoms with E-state index in [-0.39, 0.29) is 42.1 Å². The molecule has 0 fully saturated rings. The van der Waals surface area contributed by atoms with Crippen LogP contribution < -0.4 is 0 Å². The average molecular weight is 1600 g/mol. The first-order valence-corrected chi connectivity index (χ1v) is 31.6. The van der Waals surface area contributed by atoms with E-state index in [0.717, 1.165) is 164 Å². The third kappa shape index (κ3) is 11.3. The Morgan fingerprint density at radius 2 is 0.755 bits per heavy atom. The van der Waals surface area contributed by atoms with E-state index in [1.807, 2.05) is 152 Å². The van der Waals surface area contributed by atoms with Gasteiger partial charge in [0.05, 0.1) is 33.8 Å². The van der Waals surface area contributed by atoms with Crippen molar-refractivity contribution in [2.75, 3.05) is 0 Å². The SMILES string of the molecule is [Pt+2].[Pt+2].[c-]1c(-c2ccccn2)cc(-c2ccccn2)cc1-n1c2[c-]c(-c3nc4ccc(-c5ccccn5)cc4s3)ccc2c2ccccc21.[c-]1c(-c2ccccn2)cccc1-n1c2[c-]c(-c3nc4cc(-c5ccccn5)ccc4s3)ccc2c2cc(-c3ccccn3)ccc21. The number of thiazole rings is 2. The number of aromatic nitrogens is 10. The Morgan fingerprint density at radius 3 is 1.37 bits per heavy atom. The first-order valence-electron chi connectivity index (χ1n) is 29.9. The van der Waals surface area contributed by atoms with Crippen molar-refractivity contribution in [2.24, 2.45) is 0 Å². The Hall–Kier alpha value is -10.6. The molecule has 0 N–H and O–H groups in total. The minimum absolute atomic E-state index is 0. The van der Waals surface area contributed by atoms with Crippen LogP contribution in [0.15, 0.2) is 280 Å². The van der Waals surface area contributed by atoms with Crippen LogP contribution in [0.2, 0.25) is 0 Å². The fourth-order valence-corrected chi connectivity index (χ4v) is 13.9. The summed E-state index contributed by atoms with van der Waals surface area (Å²) >= 11 is 3.35. The Labute approximate surface area is 577 Å². The van der Waals surface area contributed by atoms with Crippen LogP contribution in [0, 0.1) is 24.3 Å². The van der Waals surface area contributed by atoms with Crippen molar-refractivity contribution in [3.8, 4) is 100 Å². The molecule has 0 unspecified atom stereocenters. The van der Waals surface area contributed by atoms with E-state index in [2.05, 4.69) is 191 Å².